The number of aromatic nitrogens is 1. The average molecular weight is 480 g/mol. The SMILES string of the molecule is NC1CCN(Cc2ccc(C(=O)Cc3ccnc(Cc4cccc(N5C=NC=CC5)c4)c3)cc2)CC1. The van der Waals surface area contributed by atoms with Crippen LogP contribution >= 0.6 is 0 Å². The number of anilines is 1. The molecule has 2 aliphatic rings. The van der Waals surface area contributed by atoms with Crippen molar-refractivity contribution in [1.29, 1.82) is 0 Å². The largest absolute Gasteiger partial charge is 0.329 e. The lowest BCUT2D eigenvalue weighted by molar-refractivity contribution is 0.0993. The van der Waals surface area contributed by atoms with E-state index in [0.29, 0.717) is 18.9 Å². The summed E-state index contributed by atoms with van der Waals surface area (Å²) < 4.78 is 0. The van der Waals surface area contributed by atoms with E-state index in [-0.39, 0.29) is 5.78 Å². The van der Waals surface area contributed by atoms with Gasteiger partial charge in [-0.05, 0) is 73.0 Å². The van der Waals surface area contributed by atoms with Gasteiger partial charge in [-0.1, -0.05) is 36.4 Å². The Balaban J connectivity index is 1.19. The number of ketones is 1. The molecule has 2 aliphatic heterocycles. The predicted octanol–water partition coefficient (Wildman–Crippen LogP) is 4.38. The van der Waals surface area contributed by atoms with Crippen LogP contribution in [0.5, 0.6) is 0 Å². The number of aliphatic imine (C=N–C) groups is 1. The van der Waals surface area contributed by atoms with Crippen LogP contribution in [0.25, 0.3) is 0 Å². The molecule has 1 fully saturated rings. The molecule has 5 rings (SSSR count). The molecule has 3 aromatic rings. The lowest BCUT2D eigenvalue weighted by Crippen LogP contribution is -2.39. The van der Waals surface area contributed by atoms with Crippen molar-refractivity contribution < 1.29 is 4.79 Å². The molecule has 3 heterocycles. The van der Waals surface area contributed by atoms with Gasteiger partial charge in [0.1, 0.15) is 0 Å². The first kappa shape index (κ1) is 24.1. The molecule has 0 aliphatic carbocycles. The molecule has 0 amide bonds. The Bertz CT molecular complexity index is 1240. The summed E-state index contributed by atoms with van der Waals surface area (Å²) in [6.45, 7) is 3.81. The first-order valence-corrected chi connectivity index (χ1v) is 12.7. The summed E-state index contributed by atoms with van der Waals surface area (Å²) in [5, 5.41) is 0. The zero-order valence-corrected chi connectivity index (χ0v) is 20.6. The summed E-state index contributed by atoms with van der Waals surface area (Å²) >= 11 is 0. The van der Waals surface area contributed by atoms with Crippen LogP contribution in [0.15, 0.2) is 84.1 Å². The van der Waals surface area contributed by atoms with Crippen molar-refractivity contribution in [2.24, 2.45) is 10.7 Å². The first-order chi connectivity index (χ1) is 17.6. The van der Waals surface area contributed by atoms with Gasteiger partial charge in [-0.25, -0.2) is 4.99 Å². The molecule has 2 N–H and O–H groups in total. The maximum Gasteiger partial charge on any atom is 0.167 e. The van der Waals surface area contributed by atoms with Crippen LogP contribution in [-0.2, 0) is 19.4 Å². The number of nitrogens with zero attached hydrogens (tertiary/aromatic N) is 4. The summed E-state index contributed by atoms with van der Waals surface area (Å²) in [6.07, 6.45) is 10.7. The van der Waals surface area contributed by atoms with Crippen molar-refractivity contribution in [2.75, 3.05) is 24.5 Å². The molecule has 1 aromatic heterocycles. The zero-order valence-electron chi connectivity index (χ0n) is 20.6. The molecule has 0 unspecified atom stereocenters. The fraction of sp³-hybridized carbons (Fsp3) is 0.300. The van der Waals surface area contributed by atoms with Crippen LogP contribution in [-0.4, -0.2) is 47.7 Å². The zero-order chi connectivity index (χ0) is 24.7. The van der Waals surface area contributed by atoms with Gasteiger partial charge in [-0.15, -0.1) is 0 Å². The predicted molar refractivity (Wildman–Crippen MR) is 145 cm³/mol. The highest BCUT2D eigenvalue weighted by Gasteiger charge is 2.16. The van der Waals surface area contributed by atoms with Gasteiger partial charge in [0.15, 0.2) is 5.78 Å². The highest BCUT2D eigenvalue weighted by Crippen LogP contribution is 2.19. The van der Waals surface area contributed by atoms with Gasteiger partial charge in [0.25, 0.3) is 0 Å². The van der Waals surface area contributed by atoms with Gasteiger partial charge in [0.2, 0.25) is 0 Å². The molecule has 0 spiro atoms. The molecule has 2 aromatic carbocycles. The Morgan fingerprint density at radius 3 is 2.58 bits per heavy atom. The summed E-state index contributed by atoms with van der Waals surface area (Å²) in [6, 6.07) is 20.8. The topological polar surface area (TPSA) is 74.8 Å². The summed E-state index contributed by atoms with van der Waals surface area (Å²) in [5.74, 6) is 0.127. The number of piperidine rings is 1. The maximum atomic E-state index is 13.0. The minimum absolute atomic E-state index is 0.127. The Morgan fingerprint density at radius 2 is 1.81 bits per heavy atom. The highest BCUT2D eigenvalue weighted by molar-refractivity contribution is 5.97. The normalized spacial score (nSPS) is 16.4. The Hall–Kier alpha value is -3.61. The summed E-state index contributed by atoms with van der Waals surface area (Å²) in [4.78, 5) is 26.3. The van der Waals surface area contributed by atoms with Gasteiger partial charge in [-0.3, -0.25) is 14.7 Å². The van der Waals surface area contributed by atoms with Crippen molar-refractivity contribution >= 4 is 17.8 Å². The van der Waals surface area contributed by atoms with Gasteiger partial charge in [0, 0.05) is 61.3 Å². The van der Waals surface area contributed by atoms with Gasteiger partial charge in [-0.2, -0.15) is 0 Å². The third-order valence-corrected chi connectivity index (χ3v) is 6.89. The van der Waals surface area contributed by atoms with E-state index in [2.05, 4.69) is 56.2 Å². The van der Waals surface area contributed by atoms with E-state index in [0.717, 1.165) is 61.5 Å². The number of rotatable bonds is 8. The van der Waals surface area contributed by atoms with E-state index < -0.39 is 0 Å². The number of pyridine rings is 1. The molecule has 36 heavy (non-hydrogen) atoms. The average Bonchev–Trinajstić information content (AvgIpc) is 2.91. The number of carbonyl (C=O) groups is 1. The molecule has 0 radical (unpaired) electrons. The van der Waals surface area contributed by atoms with E-state index >= 15 is 0 Å². The number of nitrogens with two attached hydrogens (primary N) is 1. The number of benzene rings is 2. The van der Waals surface area contributed by atoms with Gasteiger partial charge in [0.05, 0.1) is 6.34 Å². The van der Waals surface area contributed by atoms with Crippen LogP contribution < -0.4 is 10.6 Å². The fourth-order valence-electron chi connectivity index (χ4n) is 4.80. The number of hydrogen-bond acceptors (Lipinski definition) is 6. The standard InChI is InChI=1S/C30H33N5O/c31-27-10-15-34(16-11-27)21-23-5-7-26(8-6-23)30(36)20-25-9-13-33-28(18-25)17-24-3-1-4-29(19-24)35-14-2-12-32-22-35/h1-9,12-13,18-19,22,27H,10-11,14-17,20-21,31H2. The second-order valence-corrected chi connectivity index (χ2v) is 9.71. The lowest BCUT2D eigenvalue weighted by atomic mass is 10.00. The van der Waals surface area contributed by atoms with E-state index in [1.807, 2.05) is 42.9 Å². The number of carbonyl (C=O) groups excluding carboxylic acids is 1. The number of likely N-dealkylation sites (tertiary alicyclic amines) is 1. The van der Waals surface area contributed by atoms with Crippen LogP contribution in [0, 0.1) is 0 Å². The fourth-order valence-corrected chi connectivity index (χ4v) is 4.80. The van der Waals surface area contributed by atoms with Gasteiger partial charge >= 0.3 is 0 Å². The molecule has 6 heteroatoms. The van der Waals surface area contributed by atoms with Crippen LogP contribution in [0.4, 0.5) is 5.69 Å². The monoisotopic (exact) mass is 479 g/mol. The van der Waals surface area contributed by atoms with Gasteiger partial charge < -0.3 is 10.6 Å². The molecule has 0 bridgehead atoms. The molecule has 1 saturated heterocycles. The van der Waals surface area contributed by atoms with Crippen LogP contribution in [0.1, 0.15) is 45.6 Å². The molecular weight excluding hydrogens is 446 g/mol. The van der Waals surface area contributed by atoms with Crippen LogP contribution in [0.3, 0.4) is 0 Å². The minimum atomic E-state index is 0.127. The Kier molecular flexibility index (Phi) is 7.64. The summed E-state index contributed by atoms with van der Waals surface area (Å²) in [7, 11) is 0. The summed E-state index contributed by atoms with van der Waals surface area (Å²) in [5.41, 5.74) is 12.2. The second-order valence-electron chi connectivity index (χ2n) is 9.71. The third kappa shape index (κ3) is 6.33. The van der Waals surface area contributed by atoms with E-state index in [1.54, 1.807) is 6.20 Å². The van der Waals surface area contributed by atoms with E-state index in [9.17, 15) is 4.79 Å². The molecular formula is C30H33N5O. The highest BCUT2D eigenvalue weighted by atomic mass is 16.1. The first-order valence-electron chi connectivity index (χ1n) is 12.7. The van der Waals surface area contributed by atoms with Crippen molar-refractivity contribution in [2.45, 2.75) is 38.3 Å². The van der Waals surface area contributed by atoms with E-state index in [4.69, 9.17) is 5.73 Å². The van der Waals surface area contributed by atoms with Crippen molar-refractivity contribution in [3.8, 4) is 0 Å². The molecule has 184 valence electrons. The lowest BCUT2D eigenvalue weighted by Gasteiger charge is -2.30. The number of Topliss-reactive ketones (excluding diaryl/α,β-unsaturated/α-hetero) is 1. The molecule has 0 atom stereocenters. The van der Waals surface area contributed by atoms with Crippen molar-refractivity contribution in [3.63, 3.8) is 0 Å². The van der Waals surface area contributed by atoms with Crippen molar-refractivity contribution in [1.82, 2.24) is 9.88 Å². The molecule has 0 saturated carbocycles. The molecule has 6 nitrogen and oxygen atoms in total. The minimum Gasteiger partial charge on any atom is -0.329 e. The third-order valence-electron chi connectivity index (χ3n) is 6.89. The maximum absolute atomic E-state index is 13.0. The van der Waals surface area contributed by atoms with E-state index in [1.165, 1.54) is 11.1 Å². The number of hydrogen-bond donors (Lipinski definition) is 1. The quantitative estimate of drug-likeness (QED) is 0.485. The van der Waals surface area contributed by atoms with Crippen LogP contribution in [0.2, 0.25) is 0 Å². The second kappa shape index (κ2) is 11.4. The van der Waals surface area contributed by atoms with Crippen molar-refractivity contribution in [3.05, 3.63) is 107 Å². The smallest absolute Gasteiger partial charge is 0.167 e. The Labute approximate surface area is 213 Å². The Morgan fingerprint density at radius 1 is 0.972 bits per heavy atom.